The van der Waals surface area contributed by atoms with Gasteiger partial charge in [-0.15, -0.1) is 12.4 Å². The van der Waals surface area contributed by atoms with Crippen LogP contribution in [0, 0.1) is 12.8 Å². The smallest absolute Gasteiger partial charge is 0.261 e. The average Bonchev–Trinajstić information content (AvgIpc) is 2.98. The third-order valence-corrected chi connectivity index (χ3v) is 3.95. The quantitative estimate of drug-likeness (QED) is 0.810. The molecule has 124 valence electrons. The van der Waals surface area contributed by atoms with E-state index in [1.165, 1.54) is 6.42 Å². The van der Waals surface area contributed by atoms with Crippen LogP contribution in [-0.4, -0.2) is 31.6 Å². The molecule has 1 aliphatic rings. The van der Waals surface area contributed by atoms with E-state index in [4.69, 9.17) is 4.74 Å². The lowest BCUT2D eigenvalue weighted by Crippen LogP contribution is -2.39. The van der Waals surface area contributed by atoms with Crippen molar-refractivity contribution in [2.75, 3.05) is 19.6 Å². The van der Waals surface area contributed by atoms with E-state index in [2.05, 4.69) is 10.6 Å². The van der Waals surface area contributed by atoms with Crippen molar-refractivity contribution in [3.63, 3.8) is 0 Å². The van der Waals surface area contributed by atoms with Gasteiger partial charge in [-0.2, -0.15) is 0 Å². The van der Waals surface area contributed by atoms with Crippen LogP contribution in [0.25, 0.3) is 0 Å². The lowest BCUT2D eigenvalue weighted by atomic mass is 10.1. The molecule has 1 saturated heterocycles. The maximum Gasteiger partial charge on any atom is 0.261 e. The van der Waals surface area contributed by atoms with Crippen molar-refractivity contribution in [2.24, 2.45) is 5.92 Å². The fraction of sp³-hybridized carbons (Fsp3) is 0.588. The Labute approximate surface area is 139 Å². The van der Waals surface area contributed by atoms with Gasteiger partial charge in [-0.25, -0.2) is 0 Å². The second-order valence-corrected chi connectivity index (χ2v) is 5.77. The van der Waals surface area contributed by atoms with Crippen LogP contribution in [0.3, 0.4) is 0 Å². The first kappa shape index (κ1) is 18.8. The van der Waals surface area contributed by atoms with Crippen LogP contribution >= 0.6 is 12.4 Å². The molecule has 1 aliphatic heterocycles. The zero-order valence-corrected chi connectivity index (χ0v) is 14.2. The summed E-state index contributed by atoms with van der Waals surface area (Å²) in [6.07, 6.45) is 2.52. The van der Waals surface area contributed by atoms with Crippen molar-refractivity contribution in [1.29, 1.82) is 0 Å². The summed E-state index contributed by atoms with van der Waals surface area (Å²) in [5, 5.41) is 6.35. The predicted octanol–water partition coefficient (Wildman–Crippen LogP) is 2.69. The molecule has 1 aromatic carbocycles. The molecule has 2 atom stereocenters. The molecule has 5 heteroatoms. The molecule has 2 N–H and O–H groups in total. The van der Waals surface area contributed by atoms with Crippen molar-refractivity contribution in [3.05, 3.63) is 29.8 Å². The summed E-state index contributed by atoms with van der Waals surface area (Å²) >= 11 is 0. The van der Waals surface area contributed by atoms with E-state index < -0.39 is 6.10 Å². The predicted molar refractivity (Wildman–Crippen MR) is 91.7 cm³/mol. The SMILES string of the molecule is CCC(Oc1cccc(C)c1)C(=O)NCCC1CCNC1.Cl. The third kappa shape index (κ3) is 5.85. The molecular formula is C17H27ClN2O2. The van der Waals surface area contributed by atoms with Gasteiger partial charge in [0.05, 0.1) is 0 Å². The van der Waals surface area contributed by atoms with Crippen LogP contribution in [0.1, 0.15) is 31.7 Å². The molecule has 0 aromatic heterocycles. The number of rotatable bonds is 7. The van der Waals surface area contributed by atoms with Crippen LogP contribution in [0.4, 0.5) is 0 Å². The Kier molecular flexibility index (Phi) is 8.28. The Hall–Kier alpha value is -1.26. The highest BCUT2D eigenvalue weighted by Gasteiger charge is 2.19. The normalized spacial score (nSPS) is 18.4. The Morgan fingerprint density at radius 1 is 1.50 bits per heavy atom. The number of nitrogens with one attached hydrogen (secondary N) is 2. The number of hydrogen-bond acceptors (Lipinski definition) is 3. The van der Waals surface area contributed by atoms with E-state index in [1.807, 2.05) is 38.1 Å². The first-order valence-electron chi connectivity index (χ1n) is 7.90. The number of ether oxygens (including phenoxy) is 1. The number of carbonyl (C=O) groups is 1. The van der Waals surface area contributed by atoms with Gasteiger partial charge in [0.2, 0.25) is 0 Å². The summed E-state index contributed by atoms with van der Waals surface area (Å²) in [5.74, 6) is 1.45. The van der Waals surface area contributed by atoms with E-state index in [0.29, 0.717) is 12.3 Å². The van der Waals surface area contributed by atoms with Crippen LogP contribution in [0.2, 0.25) is 0 Å². The Bertz CT molecular complexity index is 462. The highest BCUT2D eigenvalue weighted by atomic mass is 35.5. The molecule has 0 radical (unpaired) electrons. The number of carbonyl (C=O) groups excluding carboxylic acids is 1. The zero-order valence-electron chi connectivity index (χ0n) is 13.4. The first-order valence-corrected chi connectivity index (χ1v) is 7.90. The van der Waals surface area contributed by atoms with Crippen molar-refractivity contribution in [2.45, 2.75) is 39.2 Å². The number of aryl methyl sites for hydroxylation is 1. The molecule has 0 bridgehead atoms. The van der Waals surface area contributed by atoms with Gasteiger partial charge >= 0.3 is 0 Å². The first-order chi connectivity index (χ1) is 10.2. The topological polar surface area (TPSA) is 50.4 Å². The number of halogens is 1. The minimum absolute atomic E-state index is 0. The van der Waals surface area contributed by atoms with Crippen molar-refractivity contribution < 1.29 is 9.53 Å². The standard InChI is InChI=1S/C17H26N2O2.ClH/c1-3-16(21-15-6-4-5-13(2)11-15)17(20)19-10-8-14-7-9-18-12-14;/h4-6,11,14,16,18H,3,7-10,12H2,1-2H3,(H,19,20);1H. The molecule has 0 aliphatic carbocycles. The Morgan fingerprint density at radius 2 is 2.32 bits per heavy atom. The summed E-state index contributed by atoms with van der Waals surface area (Å²) in [7, 11) is 0. The zero-order chi connectivity index (χ0) is 15.1. The molecule has 0 saturated carbocycles. The third-order valence-electron chi connectivity index (χ3n) is 3.95. The van der Waals surface area contributed by atoms with Gasteiger partial charge in [-0.05, 0) is 62.9 Å². The minimum Gasteiger partial charge on any atom is -0.481 e. The lowest BCUT2D eigenvalue weighted by molar-refractivity contribution is -0.128. The summed E-state index contributed by atoms with van der Waals surface area (Å²) in [6, 6.07) is 7.82. The molecule has 22 heavy (non-hydrogen) atoms. The molecule has 1 amide bonds. The molecule has 2 unspecified atom stereocenters. The summed E-state index contributed by atoms with van der Waals surface area (Å²) in [6.45, 7) is 6.91. The average molecular weight is 327 g/mol. The molecular weight excluding hydrogens is 300 g/mol. The van der Waals surface area contributed by atoms with E-state index >= 15 is 0 Å². The second kappa shape index (κ2) is 9.70. The monoisotopic (exact) mass is 326 g/mol. The van der Waals surface area contributed by atoms with Gasteiger partial charge in [0.25, 0.3) is 5.91 Å². The summed E-state index contributed by atoms with van der Waals surface area (Å²) < 4.78 is 5.80. The van der Waals surface area contributed by atoms with Crippen LogP contribution in [0.5, 0.6) is 5.75 Å². The highest BCUT2D eigenvalue weighted by Crippen LogP contribution is 2.16. The lowest BCUT2D eigenvalue weighted by Gasteiger charge is -2.18. The number of benzene rings is 1. The Balaban J connectivity index is 0.00000242. The maximum atomic E-state index is 12.2. The van der Waals surface area contributed by atoms with Gasteiger partial charge in [0.1, 0.15) is 5.75 Å². The van der Waals surface area contributed by atoms with Gasteiger partial charge in [0.15, 0.2) is 6.10 Å². The summed E-state index contributed by atoms with van der Waals surface area (Å²) in [5.41, 5.74) is 1.14. The molecule has 4 nitrogen and oxygen atoms in total. The van der Waals surface area contributed by atoms with E-state index in [9.17, 15) is 4.79 Å². The molecule has 0 spiro atoms. The van der Waals surface area contributed by atoms with Gasteiger partial charge in [0, 0.05) is 6.54 Å². The maximum absolute atomic E-state index is 12.2. The number of hydrogen-bond donors (Lipinski definition) is 2. The molecule has 1 heterocycles. The van der Waals surface area contributed by atoms with Gasteiger partial charge in [-0.3, -0.25) is 4.79 Å². The van der Waals surface area contributed by atoms with Gasteiger partial charge in [-0.1, -0.05) is 19.1 Å². The fourth-order valence-corrected chi connectivity index (χ4v) is 2.65. The van der Waals surface area contributed by atoms with Crippen molar-refractivity contribution >= 4 is 18.3 Å². The van der Waals surface area contributed by atoms with Crippen LogP contribution in [0.15, 0.2) is 24.3 Å². The van der Waals surface area contributed by atoms with Crippen LogP contribution < -0.4 is 15.4 Å². The van der Waals surface area contributed by atoms with Crippen LogP contribution in [-0.2, 0) is 4.79 Å². The van der Waals surface area contributed by atoms with E-state index in [-0.39, 0.29) is 18.3 Å². The van der Waals surface area contributed by atoms with Crippen molar-refractivity contribution in [1.82, 2.24) is 10.6 Å². The summed E-state index contributed by atoms with van der Waals surface area (Å²) in [4.78, 5) is 12.2. The largest absolute Gasteiger partial charge is 0.481 e. The fourth-order valence-electron chi connectivity index (χ4n) is 2.65. The molecule has 2 rings (SSSR count). The van der Waals surface area contributed by atoms with E-state index in [1.54, 1.807) is 0 Å². The van der Waals surface area contributed by atoms with E-state index in [0.717, 1.165) is 37.4 Å². The van der Waals surface area contributed by atoms with Gasteiger partial charge < -0.3 is 15.4 Å². The molecule has 1 aromatic rings. The van der Waals surface area contributed by atoms with Crippen molar-refractivity contribution in [3.8, 4) is 5.75 Å². The highest BCUT2D eigenvalue weighted by molar-refractivity contribution is 5.85. The molecule has 1 fully saturated rings. The Morgan fingerprint density at radius 3 is 2.95 bits per heavy atom. The minimum atomic E-state index is -0.409. The number of amides is 1. The second-order valence-electron chi connectivity index (χ2n) is 5.77.